The predicted molar refractivity (Wildman–Crippen MR) is 482 cm³/mol. The molecular formula is C92H107F2N19O9S4. The smallest absolute Gasteiger partial charge is 0.227 e. The van der Waals surface area contributed by atoms with Crippen molar-refractivity contribution in [1.82, 2.24) is 39.9 Å². The number of aromatic nitrogens is 8. The number of hydrogen-bond acceptors (Lipinski definition) is 28. The lowest BCUT2D eigenvalue weighted by molar-refractivity contribution is 0.0988. The zero-order chi connectivity index (χ0) is 86.8. The summed E-state index contributed by atoms with van der Waals surface area (Å²) in [4.78, 5) is 71.4. The molecule has 0 bridgehead atoms. The van der Waals surface area contributed by atoms with Crippen LogP contribution in [0, 0.1) is 34.8 Å². The van der Waals surface area contributed by atoms with E-state index in [4.69, 9.17) is 55.1 Å². The molecule has 0 amide bonds. The van der Waals surface area contributed by atoms with Crippen molar-refractivity contribution < 1.29 is 50.8 Å². The third-order valence-electron chi connectivity index (χ3n) is 27.8. The van der Waals surface area contributed by atoms with E-state index in [1.165, 1.54) is 23.3 Å². The van der Waals surface area contributed by atoms with Crippen LogP contribution in [0.25, 0.3) is 0 Å². The number of aryl methyl sites for hydroxylation is 4. The van der Waals surface area contributed by atoms with Crippen LogP contribution < -0.4 is 40.9 Å². The Hall–Kier alpha value is -9.60. The van der Waals surface area contributed by atoms with Gasteiger partial charge >= 0.3 is 0 Å². The molecular weight excluding hydrogens is 1680 g/mol. The lowest BCUT2D eigenvalue weighted by Crippen LogP contribution is -2.38. The number of hydrogen-bond donors (Lipinski definition) is 8. The summed E-state index contributed by atoms with van der Waals surface area (Å²) >= 11 is 0. The van der Waals surface area contributed by atoms with Crippen LogP contribution in [0.1, 0.15) is 200 Å². The van der Waals surface area contributed by atoms with E-state index in [9.17, 15) is 50.8 Å². The van der Waals surface area contributed by atoms with E-state index in [0.717, 1.165) is 227 Å². The van der Waals surface area contributed by atoms with Gasteiger partial charge in [0.2, 0.25) is 23.8 Å². The van der Waals surface area contributed by atoms with Gasteiger partial charge in [-0.15, -0.1) is 0 Å². The number of rotatable bonds is 22. The fraction of sp³-hybridized carbons (Fsp3) is 0.522. The number of aliphatic hydroxyl groups is 4. The highest BCUT2D eigenvalue weighted by atomic mass is 32.2. The summed E-state index contributed by atoms with van der Waals surface area (Å²) in [6.07, 6.45) is 18.1. The van der Waals surface area contributed by atoms with Crippen molar-refractivity contribution in [3.05, 3.63) is 164 Å². The van der Waals surface area contributed by atoms with Crippen molar-refractivity contribution in [1.29, 1.82) is 5.26 Å². The zero-order valence-corrected chi connectivity index (χ0v) is 74.2. The lowest BCUT2D eigenvalue weighted by Gasteiger charge is -2.33. The van der Waals surface area contributed by atoms with Crippen molar-refractivity contribution in [2.45, 2.75) is 208 Å². The Morgan fingerprint density at radius 1 is 0.429 bits per heavy atom. The van der Waals surface area contributed by atoms with Crippen LogP contribution in [0.15, 0.2) is 114 Å². The van der Waals surface area contributed by atoms with E-state index in [0.29, 0.717) is 154 Å². The zero-order valence-electron chi connectivity index (χ0n) is 70.9. The van der Waals surface area contributed by atoms with Crippen LogP contribution in [-0.4, -0.2) is 218 Å². The summed E-state index contributed by atoms with van der Waals surface area (Å²) in [5.74, 6) is 8.84. The maximum absolute atomic E-state index is 13.8. The minimum absolute atomic E-state index is 0.0450. The number of anilines is 8. The number of halogens is 2. The van der Waals surface area contributed by atoms with Gasteiger partial charge in [0.1, 0.15) is 54.5 Å². The van der Waals surface area contributed by atoms with Crippen LogP contribution >= 0.6 is 0 Å². The molecule has 4 aromatic carbocycles. The molecule has 662 valence electrons. The molecule has 4 unspecified atom stereocenters. The summed E-state index contributed by atoms with van der Waals surface area (Å²) in [5.41, 5.74) is 12.4. The number of fused-ring (bicyclic) bond motifs is 6. The maximum atomic E-state index is 13.8. The maximum Gasteiger partial charge on any atom is 0.227 e. The topological polar surface area (TPSA) is 379 Å². The van der Waals surface area contributed by atoms with Crippen molar-refractivity contribution in [2.24, 2.45) is 21.8 Å². The summed E-state index contributed by atoms with van der Waals surface area (Å²) in [6, 6.07) is 28.1. The molecule has 4 saturated carbocycles. The van der Waals surface area contributed by atoms with Gasteiger partial charge in [0.25, 0.3) is 0 Å². The molecule has 126 heavy (non-hydrogen) atoms. The summed E-state index contributed by atoms with van der Waals surface area (Å²) in [7, 11) is -4.35. The molecule has 8 fully saturated rings. The third kappa shape index (κ3) is 17.9. The molecule has 22 rings (SSSR count). The van der Waals surface area contributed by atoms with Gasteiger partial charge in [0.05, 0.1) is 139 Å². The first-order valence-electron chi connectivity index (χ1n) is 44.8. The van der Waals surface area contributed by atoms with E-state index < -0.39 is 43.2 Å². The molecule has 14 aliphatic rings. The van der Waals surface area contributed by atoms with Crippen molar-refractivity contribution in [3.8, 4) is 6.07 Å². The van der Waals surface area contributed by atoms with E-state index in [-0.39, 0.29) is 66.0 Å². The number of nitrogens with zero attached hydrogens (tertiary/aromatic N) is 15. The summed E-state index contributed by atoms with van der Waals surface area (Å²) in [5, 5.41) is 61.7. The molecule has 14 heterocycles. The molecule has 4 saturated heterocycles. The summed E-state index contributed by atoms with van der Waals surface area (Å²) in [6.45, 7) is 9.87. The van der Waals surface area contributed by atoms with Crippen LogP contribution in [0.3, 0.4) is 0 Å². The first kappa shape index (κ1) is 85.8. The standard InChI is InChI=1S/C24H30N4O3S.2C23H26FN5O2S.C22H25N5O2S/c1-2-20(30)18-5-3-4-17(14-18)16-6-11-28(12-7-16)23-25-19-8-13-32(31)21(19)22(26-23)27-24(15-29)9-10-24;24-16-1-2-17-15(11-16)12-25-19(17)14-3-8-29(9-4-14)22-26-18-5-10-32(31)20(18)21(27-22)28-23(13-30)6-7-23;24-16-2-1-15-12-25-19(17(15)11-16)14-3-8-29(9-4-14)22-26-18-5-10-32(31)20(18)21(27-22)28-23(13-30)6-7-23;23-13-15-2-1-3-17(12-15)16-4-9-27(10-5-16)21-24-18-6-11-30(29)19(18)20(25-21)26-22(14-28)7-8-22/h3-5,14,16,29H,2,6-13,15H2,1H3,(H,25,26,27);2*1-2,11,14,30H,3-10,12-13H2,(H,26,27,28);1-3,12,16,28H,4-11,14H2,(H,24,25,26). The second kappa shape index (κ2) is 35.8. The Kier molecular flexibility index (Phi) is 24.4. The molecule has 34 heteroatoms. The minimum atomic E-state index is -1.10. The number of nitrogens with one attached hydrogen (secondary N) is 4. The fourth-order valence-corrected chi connectivity index (χ4v) is 24.4. The van der Waals surface area contributed by atoms with Crippen molar-refractivity contribution >= 4 is 107 Å². The average molecular weight is 1790 g/mol. The Labute approximate surface area is 741 Å². The second-order valence-corrected chi connectivity index (χ2v) is 42.3. The lowest BCUT2D eigenvalue weighted by atomic mass is 9.88. The number of carbonyl (C=O) groups excluding carboxylic acids is 1. The molecule has 0 spiro atoms. The highest BCUT2D eigenvalue weighted by molar-refractivity contribution is 7.86. The Balaban J connectivity index is 0.000000110. The first-order valence-corrected chi connectivity index (χ1v) is 50.0. The Morgan fingerprint density at radius 2 is 0.770 bits per heavy atom. The minimum Gasteiger partial charge on any atom is -0.394 e. The Bertz CT molecular complexity index is 5770. The van der Waals surface area contributed by atoms with Gasteiger partial charge in [-0.05, 0) is 185 Å². The number of nitriles is 1. The van der Waals surface area contributed by atoms with E-state index in [2.05, 4.69) is 65.1 Å². The highest BCUT2D eigenvalue weighted by Crippen LogP contribution is 2.47. The molecule has 8 aromatic rings. The van der Waals surface area contributed by atoms with Crippen LogP contribution in [0.2, 0.25) is 0 Å². The largest absolute Gasteiger partial charge is 0.394 e. The van der Waals surface area contributed by atoms with Gasteiger partial charge in [-0.25, -0.2) is 28.7 Å². The quantitative estimate of drug-likeness (QED) is 0.0292. The number of carbonyl (C=O) groups is 1. The van der Waals surface area contributed by atoms with Crippen molar-refractivity contribution in [3.63, 3.8) is 0 Å². The molecule has 28 nitrogen and oxygen atoms in total. The molecule has 4 aromatic heterocycles. The highest BCUT2D eigenvalue weighted by Gasteiger charge is 2.49. The van der Waals surface area contributed by atoms with Gasteiger partial charge in [0.15, 0.2) is 5.78 Å². The van der Waals surface area contributed by atoms with Gasteiger partial charge in [-0.2, -0.15) is 25.2 Å². The monoisotopic (exact) mass is 1790 g/mol. The van der Waals surface area contributed by atoms with Gasteiger partial charge in [0, 0.05) is 147 Å². The third-order valence-corrected chi connectivity index (χ3v) is 33.6. The fourth-order valence-electron chi connectivity index (χ4n) is 19.2. The number of Topliss-reactive ketones (excluding diaryl/α,β-unsaturated/α-hetero) is 1. The number of benzene rings is 4. The second-order valence-electron chi connectivity index (χ2n) is 36.2. The number of aliphatic hydroxyl groups excluding tert-OH is 4. The van der Waals surface area contributed by atoms with Crippen LogP contribution in [0.4, 0.5) is 55.8 Å². The summed E-state index contributed by atoms with van der Waals surface area (Å²) < 4.78 is 77.5. The van der Waals surface area contributed by atoms with Gasteiger partial charge < -0.3 is 61.3 Å². The molecule has 4 aliphatic carbocycles. The normalized spacial score (nSPS) is 22.9. The van der Waals surface area contributed by atoms with Crippen molar-refractivity contribution in [2.75, 3.05) is 143 Å². The van der Waals surface area contributed by atoms with Gasteiger partial charge in [-0.3, -0.25) is 31.6 Å². The van der Waals surface area contributed by atoms with E-state index in [1.54, 1.807) is 12.1 Å². The SMILES string of the molecule is CCC(=O)c1cccc(C2CCN(c3nc4c(c(NC5(CO)CC5)n3)S(=O)CC4)CC2)c1.N#Cc1cccc(C2CCN(c3nc4c(c(NC5(CO)CC5)n3)S(=O)CC4)CC2)c1.O=S1CCc2nc(N3CCC(C4=NCc5cc(F)ccc54)CC3)nc(NC3(CO)CC3)c21.O=S1CCc2nc(N3CCC(C4=NCc5ccc(F)cc54)CC3)nc(NC3(CO)CC3)c21. The number of aliphatic imine (C=N–C) groups is 2. The average Bonchev–Trinajstić information content (AvgIpc) is 1.61. The molecule has 4 atom stereocenters. The molecule has 0 radical (unpaired) electrons. The van der Waals surface area contributed by atoms with Crippen LogP contribution in [0.5, 0.6) is 0 Å². The molecule has 10 aliphatic heterocycles. The molecule has 8 N–H and O–H groups in total. The van der Waals surface area contributed by atoms with E-state index in [1.807, 2.05) is 49.4 Å². The van der Waals surface area contributed by atoms with Gasteiger partial charge in [-0.1, -0.05) is 43.3 Å². The number of ketones is 1. The Morgan fingerprint density at radius 3 is 1.13 bits per heavy atom. The van der Waals surface area contributed by atoms with E-state index >= 15 is 0 Å². The first-order chi connectivity index (χ1) is 61.2. The predicted octanol–water partition coefficient (Wildman–Crippen LogP) is 10.3. The number of piperidine rings is 4. The van der Waals surface area contributed by atoms with Crippen LogP contribution in [-0.2, 0) is 82.0 Å².